The number of amides is 1. The monoisotopic (exact) mass is 474 g/mol. The molecule has 0 unspecified atom stereocenters. The van der Waals surface area contributed by atoms with Gasteiger partial charge < -0.3 is 5.32 Å². The number of hydrogen-bond acceptors (Lipinski definition) is 4. The number of aryl methyl sites for hydroxylation is 2. The summed E-state index contributed by atoms with van der Waals surface area (Å²) in [6.07, 6.45) is 1.08. The van der Waals surface area contributed by atoms with Crippen molar-refractivity contribution in [1.82, 2.24) is 9.78 Å². The van der Waals surface area contributed by atoms with Gasteiger partial charge in [0.1, 0.15) is 5.82 Å². The highest BCUT2D eigenvalue weighted by Crippen LogP contribution is 2.26. The van der Waals surface area contributed by atoms with Crippen molar-refractivity contribution in [3.63, 3.8) is 0 Å². The number of hydrogen-bond donors (Lipinski definition) is 2. The summed E-state index contributed by atoms with van der Waals surface area (Å²) in [5.41, 5.74) is 5.30. The molecule has 1 aromatic heterocycles. The van der Waals surface area contributed by atoms with Crippen molar-refractivity contribution in [2.24, 2.45) is 0 Å². The van der Waals surface area contributed by atoms with E-state index >= 15 is 0 Å². The predicted octanol–water partition coefficient (Wildman–Crippen LogP) is 4.84. The Hall–Kier alpha value is -3.91. The summed E-state index contributed by atoms with van der Waals surface area (Å²) in [6.45, 7) is 4.28. The standard InChI is InChI=1S/C26H26N4O3S/c1-18-9-7-8-12-22(18)24-16-25(30(28-24)17-20-10-5-4-6-11-20)27-26(31)21-14-13-19(2)23(15-21)29-34(3,32)33/h4-16,29H,17H2,1-3H3,(H,27,31). The summed E-state index contributed by atoms with van der Waals surface area (Å²) in [5, 5.41) is 7.72. The Bertz CT molecular complexity index is 1440. The van der Waals surface area contributed by atoms with Crippen LogP contribution in [0.2, 0.25) is 0 Å². The highest BCUT2D eigenvalue weighted by molar-refractivity contribution is 7.92. The molecule has 0 bridgehead atoms. The van der Waals surface area contributed by atoms with E-state index in [0.29, 0.717) is 23.6 Å². The SMILES string of the molecule is Cc1ccc(C(=O)Nc2cc(-c3ccccc3C)nn2Cc2ccccc2)cc1NS(C)(=O)=O. The molecule has 1 amide bonds. The van der Waals surface area contributed by atoms with Gasteiger partial charge in [0.2, 0.25) is 10.0 Å². The van der Waals surface area contributed by atoms with E-state index < -0.39 is 10.0 Å². The minimum absolute atomic E-state index is 0.335. The number of aromatic nitrogens is 2. The first-order valence-corrected chi connectivity index (χ1v) is 12.7. The average Bonchev–Trinajstić information content (AvgIpc) is 3.17. The smallest absolute Gasteiger partial charge is 0.256 e. The van der Waals surface area contributed by atoms with Crippen LogP contribution in [0.25, 0.3) is 11.3 Å². The van der Waals surface area contributed by atoms with Crippen molar-refractivity contribution < 1.29 is 13.2 Å². The molecule has 0 saturated heterocycles. The fourth-order valence-corrected chi connectivity index (χ4v) is 4.27. The van der Waals surface area contributed by atoms with Gasteiger partial charge in [-0.25, -0.2) is 13.1 Å². The molecule has 2 N–H and O–H groups in total. The number of carbonyl (C=O) groups excluding carboxylic acids is 1. The maximum atomic E-state index is 13.1. The molecule has 174 valence electrons. The van der Waals surface area contributed by atoms with Crippen molar-refractivity contribution in [3.05, 3.63) is 101 Å². The maximum Gasteiger partial charge on any atom is 0.256 e. The third-order valence-corrected chi connectivity index (χ3v) is 6.00. The number of carbonyl (C=O) groups is 1. The second kappa shape index (κ2) is 9.52. The molecule has 0 aliphatic rings. The average molecular weight is 475 g/mol. The third-order valence-electron chi connectivity index (χ3n) is 5.41. The minimum Gasteiger partial charge on any atom is -0.307 e. The van der Waals surface area contributed by atoms with Gasteiger partial charge >= 0.3 is 0 Å². The lowest BCUT2D eigenvalue weighted by molar-refractivity contribution is 0.102. The Kier molecular flexibility index (Phi) is 6.51. The zero-order valence-corrected chi connectivity index (χ0v) is 20.1. The van der Waals surface area contributed by atoms with Crippen molar-refractivity contribution in [3.8, 4) is 11.3 Å². The molecule has 0 fully saturated rings. The highest BCUT2D eigenvalue weighted by atomic mass is 32.2. The summed E-state index contributed by atoms with van der Waals surface area (Å²) in [4.78, 5) is 13.1. The van der Waals surface area contributed by atoms with Crippen LogP contribution in [0, 0.1) is 13.8 Å². The van der Waals surface area contributed by atoms with Crippen molar-refractivity contribution in [2.75, 3.05) is 16.3 Å². The van der Waals surface area contributed by atoms with Crippen molar-refractivity contribution in [1.29, 1.82) is 0 Å². The Morgan fingerprint density at radius 3 is 2.32 bits per heavy atom. The zero-order chi connectivity index (χ0) is 24.3. The topological polar surface area (TPSA) is 93.1 Å². The Morgan fingerprint density at radius 1 is 0.912 bits per heavy atom. The molecular formula is C26H26N4O3S. The fraction of sp³-hybridized carbons (Fsp3) is 0.154. The lowest BCUT2D eigenvalue weighted by Crippen LogP contribution is -2.17. The van der Waals surface area contributed by atoms with E-state index in [1.807, 2.05) is 67.6 Å². The number of nitrogens with one attached hydrogen (secondary N) is 2. The maximum absolute atomic E-state index is 13.1. The lowest BCUT2D eigenvalue weighted by atomic mass is 10.1. The van der Waals surface area contributed by atoms with Crippen LogP contribution in [-0.2, 0) is 16.6 Å². The van der Waals surface area contributed by atoms with E-state index in [1.54, 1.807) is 23.7 Å². The van der Waals surface area contributed by atoms with Gasteiger partial charge in [-0.1, -0.05) is 60.7 Å². The first-order valence-electron chi connectivity index (χ1n) is 10.8. The molecule has 7 nitrogen and oxygen atoms in total. The number of anilines is 2. The molecule has 0 atom stereocenters. The van der Waals surface area contributed by atoms with Crippen LogP contribution in [0.5, 0.6) is 0 Å². The van der Waals surface area contributed by atoms with Crippen LogP contribution in [0.4, 0.5) is 11.5 Å². The largest absolute Gasteiger partial charge is 0.307 e. The summed E-state index contributed by atoms with van der Waals surface area (Å²) in [5.74, 6) is 0.187. The Morgan fingerprint density at radius 2 is 1.62 bits per heavy atom. The van der Waals surface area contributed by atoms with Gasteiger partial charge in [0, 0.05) is 17.2 Å². The molecule has 0 aliphatic heterocycles. The first kappa shape index (κ1) is 23.3. The molecule has 0 radical (unpaired) electrons. The van der Waals surface area contributed by atoms with Crippen LogP contribution in [0.1, 0.15) is 27.0 Å². The predicted molar refractivity (Wildman–Crippen MR) is 136 cm³/mol. The molecule has 8 heteroatoms. The summed E-state index contributed by atoms with van der Waals surface area (Å²) in [7, 11) is -3.47. The molecule has 34 heavy (non-hydrogen) atoms. The molecule has 0 saturated carbocycles. The molecule has 0 spiro atoms. The Labute approximate surface area is 199 Å². The lowest BCUT2D eigenvalue weighted by Gasteiger charge is -2.12. The highest BCUT2D eigenvalue weighted by Gasteiger charge is 2.16. The van der Waals surface area contributed by atoms with Crippen LogP contribution < -0.4 is 10.0 Å². The van der Waals surface area contributed by atoms with E-state index in [-0.39, 0.29) is 5.91 Å². The number of sulfonamides is 1. The third kappa shape index (κ3) is 5.52. The Balaban J connectivity index is 1.68. The number of nitrogens with zero attached hydrogens (tertiary/aromatic N) is 2. The van der Waals surface area contributed by atoms with E-state index in [4.69, 9.17) is 5.10 Å². The molecule has 4 aromatic rings. The molecule has 1 heterocycles. The van der Waals surface area contributed by atoms with E-state index in [0.717, 1.165) is 34.2 Å². The molecule has 4 rings (SSSR count). The van der Waals surface area contributed by atoms with Crippen LogP contribution >= 0.6 is 0 Å². The molecule has 3 aromatic carbocycles. The van der Waals surface area contributed by atoms with Gasteiger partial charge in [-0.05, 0) is 42.7 Å². The molecule has 0 aliphatic carbocycles. The first-order chi connectivity index (χ1) is 16.2. The zero-order valence-electron chi connectivity index (χ0n) is 19.2. The summed E-state index contributed by atoms with van der Waals surface area (Å²) < 4.78 is 27.6. The van der Waals surface area contributed by atoms with E-state index in [2.05, 4.69) is 10.0 Å². The van der Waals surface area contributed by atoms with Crippen molar-refractivity contribution >= 4 is 27.4 Å². The van der Waals surface area contributed by atoms with Crippen LogP contribution in [-0.4, -0.2) is 30.4 Å². The minimum atomic E-state index is -3.47. The normalized spacial score (nSPS) is 11.3. The number of benzene rings is 3. The van der Waals surface area contributed by atoms with Gasteiger partial charge in [-0.3, -0.25) is 9.52 Å². The van der Waals surface area contributed by atoms with Crippen LogP contribution in [0.3, 0.4) is 0 Å². The summed E-state index contributed by atoms with van der Waals surface area (Å²) in [6, 6.07) is 24.6. The quantitative estimate of drug-likeness (QED) is 0.401. The summed E-state index contributed by atoms with van der Waals surface area (Å²) >= 11 is 0. The van der Waals surface area contributed by atoms with Crippen LogP contribution in [0.15, 0.2) is 78.9 Å². The van der Waals surface area contributed by atoms with Gasteiger partial charge in [0.25, 0.3) is 5.91 Å². The van der Waals surface area contributed by atoms with E-state index in [9.17, 15) is 13.2 Å². The molecular weight excluding hydrogens is 448 g/mol. The van der Waals surface area contributed by atoms with Gasteiger partial charge in [0.15, 0.2) is 0 Å². The van der Waals surface area contributed by atoms with Gasteiger partial charge in [-0.2, -0.15) is 5.10 Å². The number of rotatable bonds is 7. The fourth-order valence-electron chi connectivity index (χ4n) is 3.65. The van der Waals surface area contributed by atoms with Crippen molar-refractivity contribution in [2.45, 2.75) is 20.4 Å². The van der Waals surface area contributed by atoms with Gasteiger partial charge in [-0.15, -0.1) is 0 Å². The van der Waals surface area contributed by atoms with E-state index in [1.165, 1.54) is 6.07 Å². The van der Waals surface area contributed by atoms with Gasteiger partial charge in [0.05, 0.1) is 24.2 Å². The second-order valence-electron chi connectivity index (χ2n) is 8.23. The second-order valence-corrected chi connectivity index (χ2v) is 9.98.